The average molecular weight is 507 g/mol. The second-order valence-corrected chi connectivity index (χ2v) is 9.15. The maximum Gasteiger partial charge on any atom is 0.344 e. The molecule has 2 aliphatic heterocycles. The van der Waals surface area contributed by atoms with Crippen molar-refractivity contribution in [3.8, 4) is 0 Å². The fourth-order valence-electron chi connectivity index (χ4n) is 4.69. The number of hydrogen-bond acceptors (Lipinski definition) is 7. The average Bonchev–Trinajstić information content (AvgIpc) is 3.09. The number of esters is 1. The fraction of sp³-hybridized carbons (Fsp3) is 0.346. The van der Waals surface area contributed by atoms with Crippen LogP contribution in [-0.4, -0.2) is 63.4 Å². The predicted octanol–water partition coefficient (Wildman–Crippen LogP) is 3.79. The third-order valence-corrected chi connectivity index (χ3v) is 6.31. The molecule has 2 atom stereocenters. The molecule has 192 valence electrons. The number of imide groups is 1. The van der Waals surface area contributed by atoms with Gasteiger partial charge in [-0.2, -0.15) is 0 Å². The number of nitro groups is 1. The van der Waals surface area contributed by atoms with Gasteiger partial charge in [0, 0.05) is 30.9 Å². The van der Waals surface area contributed by atoms with E-state index in [1.807, 2.05) is 0 Å². The zero-order valence-electron chi connectivity index (χ0n) is 20.6. The van der Waals surface area contributed by atoms with Crippen LogP contribution in [0.15, 0.2) is 53.5 Å². The Labute approximate surface area is 212 Å². The Kier molecular flexibility index (Phi) is 7.14. The zero-order chi connectivity index (χ0) is 26.9. The fourth-order valence-corrected chi connectivity index (χ4v) is 4.69. The van der Waals surface area contributed by atoms with Crippen molar-refractivity contribution in [3.05, 3.63) is 75.3 Å². The van der Waals surface area contributed by atoms with E-state index in [9.17, 15) is 29.3 Å². The van der Waals surface area contributed by atoms with Gasteiger partial charge in [0.25, 0.3) is 17.5 Å². The van der Waals surface area contributed by atoms with Crippen LogP contribution in [0.2, 0.25) is 0 Å². The molecule has 0 saturated carbocycles. The summed E-state index contributed by atoms with van der Waals surface area (Å²) >= 11 is 0. The molecular formula is C26H26N4O7. The lowest BCUT2D eigenvalue weighted by Crippen LogP contribution is -2.48. The summed E-state index contributed by atoms with van der Waals surface area (Å²) in [5, 5.41) is 11.4. The van der Waals surface area contributed by atoms with Crippen molar-refractivity contribution in [2.45, 2.75) is 39.3 Å². The number of nitro benzene ring substituents is 1. The predicted molar refractivity (Wildman–Crippen MR) is 132 cm³/mol. The summed E-state index contributed by atoms with van der Waals surface area (Å²) in [6, 6.07) is 10.7. The summed E-state index contributed by atoms with van der Waals surface area (Å²) in [7, 11) is 0. The Morgan fingerprint density at radius 1 is 1.05 bits per heavy atom. The van der Waals surface area contributed by atoms with Gasteiger partial charge in [-0.1, -0.05) is 24.3 Å². The lowest BCUT2D eigenvalue weighted by atomic mass is 9.86. The van der Waals surface area contributed by atoms with Gasteiger partial charge in [-0.05, 0) is 44.9 Å². The standard InChI is InChI=1S/C26H26N4O7/c1-15(2)37-25(33)21-16(3)27-26(34)28(22(21)17-8-6-9-18(14-17)30(35)36)12-7-13-29-23(31)19-10-4-5-11-20(19)24(29)32/h4-6,8-11,14-15,21-22H,7,12-13H2,1-3H3. The molecule has 11 nitrogen and oxygen atoms in total. The lowest BCUT2D eigenvalue weighted by Gasteiger charge is -2.39. The van der Waals surface area contributed by atoms with Gasteiger partial charge < -0.3 is 9.64 Å². The van der Waals surface area contributed by atoms with Crippen LogP contribution in [0.1, 0.15) is 59.5 Å². The molecule has 0 spiro atoms. The molecule has 0 N–H and O–H groups in total. The van der Waals surface area contributed by atoms with Gasteiger partial charge in [-0.3, -0.25) is 29.4 Å². The minimum Gasteiger partial charge on any atom is -0.462 e. The molecule has 37 heavy (non-hydrogen) atoms. The Balaban J connectivity index is 1.62. The first kappa shape index (κ1) is 25.7. The van der Waals surface area contributed by atoms with E-state index in [4.69, 9.17) is 4.74 Å². The molecule has 11 heteroatoms. The lowest BCUT2D eigenvalue weighted by molar-refractivity contribution is -0.385. The van der Waals surface area contributed by atoms with Crippen molar-refractivity contribution in [2.75, 3.05) is 13.1 Å². The van der Waals surface area contributed by atoms with Crippen molar-refractivity contribution in [2.24, 2.45) is 10.9 Å². The SMILES string of the molecule is CC1=NC(=O)N(CCCN2C(=O)c3ccccc3C2=O)C(c2cccc([N+](=O)[O-])c2)C1C(=O)OC(C)C. The van der Waals surface area contributed by atoms with Gasteiger partial charge in [-0.15, -0.1) is 0 Å². The number of carbonyl (C=O) groups is 4. The monoisotopic (exact) mass is 506 g/mol. The van der Waals surface area contributed by atoms with E-state index in [2.05, 4.69) is 4.99 Å². The topological polar surface area (TPSA) is 139 Å². The van der Waals surface area contributed by atoms with E-state index >= 15 is 0 Å². The highest BCUT2D eigenvalue weighted by molar-refractivity contribution is 6.21. The molecule has 0 aromatic heterocycles. The summed E-state index contributed by atoms with van der Waals surface area (Å²) in [4.78, 5) is 68.9. The molecule has 0 radical (unpaired) electrons. The molecule has 4 rings (SSSR count). The Hall–Kier alpha value is -4.41. The molecule has 0 aliphatic carbocycles. The smallest absolute Gasteiger partial charge is 0.344 e. The second kappa shape index (κ2) is 10.3. The Morgan fingerprint density at radius 3 is 2.30 bits per heavy atom. The van der Waals surface area contributed by atoms with Crippen molar-refractivity contribution < 1.29 is 28.8 Å². The third kappa shape index (κ3) is 4.97. The van der Waals surface area contributed by atoms with Crippen LogP contribution in [0.25, 0.3) is 0 Å². The van der Waals surface area contributed by atoms with Crippen LogP contribution in [-0.2, 0) is 9.53 Å². The highest BCUT2D eigenvalue weighted by Crippen LogP contribution is 2.36. The van der Waals surface area contributed by atoms with Gasteiger partial charge in [0.1, 0.15) is 5.92 Å². The third-order valence-electron chi connectivity index (χ3n) is 6.31. The Bertz CT molecular complexity index is 1280. The minimum atomic E-state index is -0.985. The van der Waals surface area contributed by atoms with Crippen LogP contribution in [0.3, 0.4) is 0 Å². The number of ether oxygens (including phenoxy) is 1. The molecule has 2 aromatic rings. The van der Waals surface area contributed by atoms with Crippen molar-refractivity contribution in [1.82, 2.24) is 9.80 Å². The highest BCUT2D eigenvalue weighted by atomic mass is 16.6. The summed E-state index contributed by atoms with van der Waals surface area (Å²) in [5.74, 6) is -2.41. The van der Waals surface area contributed by atoms with Crippen LogP contribution in [0, 0.1) is 16.0 Å². The van der Waals surface area contributed by atoms with Gasteiger partial charge >= 0.3 is 12.0 Å². The van der Waals surface area contributed by atoms with Crippen LogP contribution >= 0.6 is 0 Å². The van der Waals surface area contributed by atoms with Gasteiger partial charge in [-0.25, -0.2) is 9.79 Å². The van der Waals surface area contributed by atoms with Gasteiger partial charge in [0.05, 0.1) is 28.2 Å². The zero-order valence-corrected chi connectivity index (χ0v) is 20.6. The largest absolute Gasteiger partial charge is 0.462 e. The van der Waals surface area contributed by atoms with Gasteiger partial charge in [0.2, 0.25) is 0 Å². The van der Waals surface area contributed by atoms with Crippen LogP contribution in [0.5, 0.6) is 0 Å². The molecule has 0 bridgehead atoms. The van der Waals surface area contributed by atoms with E-state index in [0.29, 0.717) is 16.7 Å². The summed E-state index contributed by atoms with van der Waals surface area (Å²) in [6.45, 7) is 5.02. The molecule has 4 amide bonds. The van der Waals surface area contributed by atoms with Crippen molar-refractivity contribution in [1.29, 1.82) is 0 Å². The Morgan fingerprint density at radius 2 is 1.70 bits per heavy atom. The number of amides is 4. The van der Waals surface area contributed by atoms with E-state index in [0.717, 1.165) is 4.90 Å². The normalized spacial score (nSPS) is 19.2. The first-order valence-corrected chi connectivity index (χ1v) is 11.9. The molecule has 0 saturated heterocycles. The maximum absolute atomic E-state index is 13.1. The number of benzene rings is 2. The summed E-state index contributed by atoms with van der Waals surface area (Å²) < 4.78 is 5.43. The van der Waals surface area contributed by atoms with Crippen LogP contribution < -0.4 is 0 Å². The first-order chi connectivity index (χ1) is 17.6. The van der Waals surface area contributed by atoms with Crippen molar-refractivity contribution >= 4 is 35.2 Å². The quantitative estimate of drug-likeness (QED) is 0.230. The summed E-state index contributed by atoms with van der Waals surface area (Å²) in [6.07, 6.45) is -0.214. The number of rotatable bonds is 8. The summed E-state index contributed by atoms with van der Waals surface area (Å²) in [5.41, 5.74) is 1.08. The van der Waals surface area contributed by atoms with Crippen LogP contribution in [0.4, 0.5) is 10.5 Å². The number of urea groups is 1. The molecule has 2 aliphatic rings. The minimum absolute atomic E-state index is 0.0432. The van der Waals surface area contributed by atoms with Crippen molar-refractivity contribution in [3.63, 3.8) is 0 Å². The molecule has 2 aromatic carbocycles. The van der Waals surface area contributed by atoms with E-state index in [-0.39, 0.29) is 30.9 Å². The van der Waals surface area contributed by atoms with Gasteiger partial charge in [0.15, 0.2) is 0 Å². The molecule has 0 fully saturated rings. The molecular weight excluding hydrogens is 480 g/mol. The number of non-ortho nitro benzene ring substituents is 1. The molecule has 2 heterocycles. The number of fused-ring (bicyclic) bond motifs is 1. The second-order valence-electron chi connectivity index (χ2n) is 9.15. The number of hydrogen-bond donors (Lipinski definition) is 0. The number of carbonyl (C=O) groups excluding carboxylic acids is 4. The van der Waals surface area contributed by atoms with E-state index < -0.39 is 46.8 Å². The number of aliphatic imine (C=N–C) groups is 1. The van der Waals surface area contributed by atoms with E-state index in [1.165, 1.54) is 23.1 Å². The number of nitrogens with zero attached hydrogens (tertiary/aromatic N) is 4. The maximum atomic E-state index is 13.1. The first-order valence-electron chi connectivity index (χ1n) is 11.9. The van der Waals surface area contributed by atoms with E-state index in [1.54, 1.807) is 51.1 Å². The highest BCUT2D eigenvalue weighted by Gasteiger charge is 2.44. The molecule has 2 unspecified atom stereocenters.